The van der Waals surface area contributed by atoms with Crippen molar-refractivity contribution >= 4 is 17.3 Å². The fourth-order valence-electron chi connectivity index (χ4n) is 2.39. The van der Waals surface area contributed by atoms with E-state index >= 15 is 0 Å². The number of nitrogens with one attached hydrogen (secondary N) is 1. The first-order valence-electron chi connectivity index (χ1n) is 6.46. The van der Waals surface area contributed by atoms with E-state index in [0.29, 0.717) is 18.3 Å². The lowest BCUT2D eigenvalue weighted by Gasteiger charge is -2.36. The molecule has 8 nitrogen and oxygen atoms in total. The fourth-order valence-corrected chi connectivity index (χ4v) is 2.39. The van der Waals surface area contributed by atoms with Crippen molar-refractivity contribution in [1.82, 2.24) is 4.98 Å². The van der Waals surface area contributed by atoms with E-state index in [-0.39, 0.29) is 17.6 Å². The largest absolute Gasteiger partial charge is 0.379 e. The molecule has 110 valence electrons. The molecule has 8 heteroatoms. The van der Waals surface area contributed by atoms with E-state index in [2.05, 4.69) is 17.3 Å². The molecule has 0 radical (unpaired) electrons. The third kappa shape index (κ3) is 2.97. The van der Waals surface area contributed by atoms with Crippen LogP contribution in [0.5, 0.6) is 0 Å². The minimum atomic E-state index is -0.452. The molecule has 2 heterocycles. The van der Waals surface area contributed by atoms with Crippen LogP contribution in [-0.4, -0.2) is 36.2 Å². The van der Waals surface area contributed by atoms with Crippen LogP contribution in [0.1, 0.15) is 13.3 Å². The van der Waals surface area contributed by atoms with Gasteiger partial charge in [-0.2, -0.15) is 0 Å². The van der Waals surface area contributed by atoms with Crippen molar-refractivity contribution in [2.75, 3.05) is 30.5 Å². The molecule has 20 heavy (non-hydrogen) atoms. The van der Waals surface area contributed by atoms with Crippen molar-refractivity contribution in [2.24, 2.45) is 11.8 Å². The highest BCUT2D eigenvalue weighted by Gasteiger charge is 2.27. The summed E-state index contributed by atoms with van der Waals surface area (Å²) >= 11 is 0. The second-order valence-corrected chi connectivity index (χ2v) is 4.96. The van der Waals surface area contributed by atoms with E-state index in [1.54, 1.807) is 7.11 Å². The smallest absolute Gasteiger partial charge is 0.276 e. The Kier molecular flexibility index (Phi) is 4.35. The first-order chi connectivity index (χ1) is 9.55. The van der Waals surface area contributed by atoms with E-state index < -0.39 is 4.92 Å². The van der Waals surface area contributed by atoms with Crippen molar-refractivity contribution < 1.29 is 9.66 Å². The maximum absolute atomic E-state index is 10.9. The Hall–Kier alpha value is -1.93. The van der Waals surface area contributed by atoms with Gasteiger partial charge >= 0.3 is 0 Å². The van der Waals surface area contributed by atoms with Crippen LogP contribution in [0.25, 0.3) is 0 Å². The fraction of sp³-hybridized carbons (Fsp3) is 0.583. The molecule has 0 bridgehead atoms. The SMILES string of the molecule is COC1CN(c2cc([N+](=O)[O-])cc(NN)n2)CCC1C. The number of nitrogens with two attached hydrogens (primary N) is 1. The number of hydrogen-bond donors (Lipinski definition) is 2. The van der Waals surface area contributed by atoms with Crippen molar-refractivity contribution in [1.29, 1.82) is 0 Å². The van der Waals surface area contributed by atoms with Gasteiger partial charge in [0.25, 0.3) is 5.69 Å². The summed E-state index contributed by atoms with van der Waals surface area (Å²) < 4.78 is 5.45. The van der Waals surface area contributed by atoms with Gasteiger partial charge in [0.15, 0.2) is 0 Å². The highest BCUT2D eigenvalue weighted by molar-refractivity contribution is 5.55. The van der Waals surface area contributed by atoms with Crippen molar-refractivity contribution in [2.45, 2.75) is 19.4 Å². The summed E-state index contributed by atoms with van der Waals surface area (Å²) in [6.07, 6.45) is 1.05. The molecule has 0 amide bonds. The topological polar surface area (TPSA) is 107 Å². The van der Waals surface area contributed by atoms with E-state index in [9.17, 15) is 10.1 Å². The number of anilines is 2. The highest BCUT2D eigenvalue weighted by Crippen LogP contribution is 2.27. The lowest BCUT2D eigenvalue weighted by Crippen LogP contribution is -2.44. The lowest BCUT2D eigenvalue weighted by atomic mass is 9.96. The summed E-state index contributed by atoms with van der Waals surface area (Å²) in [6.45, 7) is 3.59. The quantitative estimate of drug-likeness (QED) is 0.484. The number of nitrogen functional groups attached to an aromatic ring is 1. The Morgan fingerprint density at radius 1 is 1.60 bits per heavy atom. The number of ether oxygens (including phenoxy) is 1. The number of nitrogens with zero attached hydrogens (tertiary/aromatic N) is 3. The zero-order valence-corrected chi connectivity index (χ0v) is 11.6. The van der Waals surface area contributed by atoms with Crippen LogP contribution in [-0.2, 0) is 4.74 Å². The van der Waals surface area contributed by atoms with Crippen LogP contribution < -0.4 is 16.2 Å². The molecule has 0 saturated carbocycles. The Bertz CT molecular complexity index is 496. The molecule has 1 aromatic heterocycles. The maximum atomic E-state index is 10.9. The number of hydrazine groups is 1. The number of rotatable bonds is 4. The molecule has 2 atom stereocenters. The van der Waals surface area contributed by atoms with E-state index in [1.165, 1.54) is 12.1 Å². The molecule has 1 aromatic rings. The number of pyridine rings is 1. The lowest BCUT2D eigenvalue weighted by molar-refractivity contribution is -0.384. The first kappa shape index (κ1) is 14.5. The van der Waals surface area contributed by atoms with E-state index in [1.807, 2.05) is 4.90 Å². The molecule has 1 saturated heterocycles. The summed E-state index contributed by atoms with van der Waals surface area (Å²) in [7, 11) is 1.68. The third-order valence-corrected chi connectivity index (χ3v) is 3.67. The third-order valence-electron chi connectivity index (χ3n) is 3.67. The van der Waals surface area contributed by atoms with Crippen molar-refractivity contribution in [3.05, 3.63) is 22.2 Å². The van der Waals surface area contributed by atoms with E-state index in [0.717, 1.165) is 13.0 Å². The molecule has 0 aromatic carbocycles. The highest BCUT2D eigenvalue weighted by atomic mass is 16.6. The number of methoxy groups -OCH3 is 1. The summed E-state index contributed by atoms with van der Waals surface area (Å²) in [5.74, 6) is 6.60. The predicted octanol–water partition coefficient (Wildman–Crippen LogP) is 1.14. The minimum absolute atomic E-state index is 0.0319. The number of hydrogen-bond acceptors (Lipinski definition) is 7. The summed E-state index contributed by atoms with van der Waals surface area (Å²) in [4.78, 5) is 16.8. The zero-order valence-electron chi connectivity index (χ0n) is 11.6. The van der Waals surface area contributed by atoms with Gasteiger partial charge in [-0.3, -0.25) is 10.1 Å². The molecule has 2 unspecified atom stereocenters. The molecule has 0 spiro atoms. The van der Waals surface area contributed by atoms with Crippen LogP contribution in [0.2, 0.25) is 0 Å². The van der Waals surface area contributed by atoms with Crippen molar-refractivity contribution in [3.8, 4) is 0 Å². The molecular weight excluding hydrogens is 262 g/mol. The van der Waals surface area contributed by atoms with Gasteiger partial charge in [-0.15, -0.1) is 0 Å². The standard InChI is InChI=1S/C12H19N5O3/c1-8-3-4-16(7-10(8)20-2)12-6-9(17(18)19)5-11(14-12)15-13/h5-6,8,10H,3-4,7,13H2,1-2H3,(H,14,15). The minimum Gasteiger partial charge on any atom is -0.379 e. The zero-order chi connectivity index (χ0) is 14.7. The van der Waals surface area contributed by atoms with Gasteiger partial charge in [-0.1, -0.05) is 6.92 Å². The number of nitro groups is 1. The van der Waals surface area contributed by atoms with Gasteiger partial charge in [-0.05, 0) is 12.3 Å². The average Bonchev–Trinajstić information content (AvgIpc) is 2.47. The molecule has 1 aliphatic rings. The van der Waals surface area contributed by atoms with Gasteiger partial charge in [0.2, 0.25) is 0 Å². The Balaban J connectivity index is 2.27. The Morgan fingerprint density at radius 2 is 2.35 bits per heavy atom. The van der Waals surface area contributed by atoms with Gasteiger partial charge in [0.05, 0.1) is 23.2 Å². The first-order valence-corrected chi connectivity index (χ1v) is 6.46. The van der Waals surface area contributed by atoms with Gasteiger partial charge in [0.1, 0.15) is 11.6 Å². The average molecular weight is 281 g/mol. The second kappa shape index (κ2) is 6.02. The molecule has 1 aliphatic heterocycles. The molecule has 3 N–H and O–H groups in total. The van der Waals surface area contributed by atoms with E-state index in [4.69, 9.17) is 10.6 Å². The number of piperidine rings is 1. The Morgan fingerprint density at radius 3 is 2.95 bits per heavy atom. The Labute approximate surface area is 117 Å². The number of aromatic nitrogens is 1. The van der Waals surface area contributed by atoms with Gasteiger partial charge in [0, 0.05) is 20.2 Å². The predicted molar refractivity (Wildman–Crippen MR) is 75.5 cm³/mol. The summed E-state index contributed by atoms with van der Waals surface area (Å²) in [6, 6.07) is 2.77. The van der Waals surface area contributed by atoms with Crippen LogP contribution in [0.4, 0.5) is 17.3 Å². The maximum Gasteiger partial charge on any atom is 0.276 e. The second-order valence-electron chi connectivity index (χ2n) is 4.96. The van der Waals surface area contributed by atoms with Gasteiger partial charge < -0.3 is 15.1 Å². The van der Waals surface area contributed by atoms with Crippen LogP contribution in [0, 0.1) is 16.0 Å². The summed E-state index contributed by atoms with van der Waals surface area (Å²) in [5, 5.41) is 10.9. The monoisotopic (exact) mass is 281 g/mol. The van der Waals surface area contributed by atoms with Crippen molar-refractivity contribution in [3.63, 3.8) is 0 Å². The van der Waals surface area contributed by atoms with Gasteiger partial charge in [-0.25, -0.2) is 10.8 Å². The van der Waals surface area contributed by atoms with Crippen LogP contribution >= 0.6 is 0 Å². The molecular formula is C12H19N5O3. The molecule has 2 rings (SSSR count). The molecule has 0 aliphatic carbocycles. The summed E-state index contributed by atoms with van der Waals surface area (Å²) in [5.41, 5.74) is 2.33. The molecule has 1 fully saturated rings. The van der Waals surface area contributed by atoms with Crippen LogP contribution in [0.3, 0.4) is 0 Å². The normalized spacial score (nSPS) is 22.6. The van der Waals surface area contributed by atoms with Crippen LogP contribution in [0.15, 0.2) is 12.1 Å².